The van der Waals surface area contributed by atoms with Gasteiger partial charge in [-0.2, -0.15) is 5.26 Å². The van der Waals surface area contributed by atoms with E-state index in [4.69, 9.17) is 11.6 Å². The monoisotopic (exact) mass is 445 g/mol. The molecule has 5 nitrogen and oxygen atoms in total. The topological polar surface area (TPSA) is 67.6 Å². The number of aromatic hydroxyl groups is 1. The van der Waals surface area contributed by atoms with Gasteiger partial charge in [-0.15, -0.1) is 0 Å². The quantitative estimate of drug-likeness (QED) is 0.570. The van der Waals surface area contributed by atoms with Crippen molar-refractivity contribution in [2.75, 3.05) is 31.1 Å². The molecular weight excluding hydrogens is 430 g/mol. The molecule has 1 aliphatic heterocycles. The van der Waals surface area contributed by atoms with Crippen LogP contribution in [0.2, 0.25) is 5.02 Å². The maximum absolute atomic E-state index is 12.7. The Balaban J connectivity index is 1.72. The first-order chi connectivity index (χ1) is 13.0. The average Bonchev–Trinajstić information content (AvgIpc) is 2.70. The number of phenols is 1. The predicted octanol–water partition coefficient (Wildman–Crippen LogP) is 4.06. The van der Waals surface area contributed by atoms with E-state index in [1.165, 1.54) is 12.1 Å². The molecule has 7 heteroatoms. The molecule has 0 radical (unpaired) electrons. The third-order valence-corrected chi connectivity index (χ3v) is 5.28. The van der Waals surface area contributed by atoms with Gasteiger partial charge in [0.05, 0.1) is 9.50 Å². The van der Waals surface area contributed by atoms with Crippen molar-refractivity contribution in [2.24, 2.45) is 0 Å². The van der Waals surface area contributed by atoms with E-state index in [-0.39, 0.29) is 22.3 Å². The fourth-order valence-corrected chi connectivity index (χ4v) is 3.77. The Kier molecular flexibility index (Phi) is 6.04. The molecule has 0 atom stereocenters. The van der Waals surface area contributed by atoms with Crippen LogP contribution in [0.5, 0.6) is 5.75 Å². The predicted molar refractivity (Wildman–Crippen MR) is 110 cm³/mol. The van der Waals surface area contributed by atoms with Crippen molar-refractivity contribution < 1.29 is 9.90 Å². The van der Waals surface area contributed by atoms with Crippen LogP contribution in [0.3, 0.4) is 0 Å². The number of amides is 1. The summed E-state index contributed by atoms with van der Waals surface area (Å²) in [6.45, 7) is 2.52. The maximum Gasteiger partial charge on any atom is 0.264 e. The third kappa shape index (κ3) is 4.44. The lowest BCUT2D eigenvalue weighted by molar-refractivity contribution is -0.126. The van der Waals surface area contributed by atoms with E-state index in [1.54, 1.807) is 11.0 Å². The fraction of sp³-hybridized carbons (Fsp3) is 0.200. The molecule has 0 unspecified atom stereocenters. The summed E-state index contributed by atoms with van der Waals surface area (Å²) in [6, 6.07) is 15.1. The molecule has 1 amide bonds. The van der Waals surface area contributed by atoms with Gasteiger partial charge < -0.3 is 14.9 Å². The number of carbonyl (C=O) groups is 1. The zero-order chi connectivity index (χ0) is 19.4. The molecule has 27 heavy (non-hydrogen) atoms. The number of piperazine rings is 1. The van der Waals surface area contributed by atoms with Gasteiger partial charge in [-0.3, -0.25) is 4.79 Å². The number of benzene rings is 2. The van der Waals surface area contributed by atoms with E-state index in [1.807, 2.05) is 36.4 Å². The smallest absolute Gasteiger partial charge is 0.264 e. The largest absolute Gasteiger partial charge is 0.505 e. The molecule has 3 rings (SSSR count). The van der Waals surface area contributed by atoms with Crippen LogP contribution in [-0.2, 0) is 4.79 Å². The molecule has 1 aliphatic rings. The number of para-hydroxylation sites is 1. The Morgan fingerprint density at radius 2 is 1.85 bits per heavy atom. The van der Waals surface area contributed by atoms with Crippen molar-refractivity contribution in [3.8, 4) is 11.8 Å². The maximum atomic E-state index is 12.7. The summed E-state index contributed by atoms with van der Waals surface area (Å²) in [4.78, 5) is 16.6. The molecule has 0 aromatic heterocycles. The van der Waals surface area contributed by atoms with Gasteiger partial charge in [-0.1, -0.05) is 29.8 Å². The number of halogens is 2. The van der Waals surface area contributed by atoms with Crippen LogP contribution < -0.4 is 4.90 Å². The summed E-state index contributed by atoms with van der Waals surface area (Å²) >= 11 is 9.16. The van der Waals surface area contributed by atoms with Gasteiger partial charge >= 0.3 is 0 Å². The van der Waals surface area contributed by atoms with Crippen molar-refractivity contribution >= 4 is 45.2 Å². The van der Waals surface area contributed by atoms with Crippen molar-refractivity contribution in [1.29, 1.82) is 5.26 Å². The van der Waals surface area contributed by atoms with Gasteiger partial charge in [0.1, 0.15) is 17.4 Å². The Morgan fingerprint density at radius 1 is 1.19 bits per heavy atom. The van der Waals surface area contributed by atoms with Crippen molar-refractivity contribution in [2.45, 2.75) is 0 Å². The summed E-state index contributed by atoms with van der Waals surface area (Å²) in [7, 11) is 0. The van der Waals surface area contributed by atoms with Crippen LogP contribution in [0.1, 0.15) is 5.56 Å². The Morgan fingerprint density at radius 3 is 2.44 bits per heavy atom. The standard InChI is InChI=1S/C20H17BrClN3O2/c21-17-11-14(12-18(22)19(17)26)10-15(13-23)20(27)25-8-6-24(7-9-25)16-4-2-1-3-5-16/h1-5,10-12,26H,6-9H2/b15-10-. The van der Waals surface area contributed by atoms with Gasteiger partial charge in [0.25, 0.3) is 5.91 Å². The molecule has 1 saturated heterocycles. The first kappa shape index (κ1) is 19.3. The summed E-state index contributed by atoms with van der Waals surface area (Å²) < 4.78 is 0.405. The first-order valence-electron chi connectivity index (χ1n) is 8.38. The van der Waals surface area contributed by atoms with Gasteiger partial charge in [0.2, 0.25) is 0 Å². The number of carbonyl (C=O) groups excluding carboxylic acids is 1. The lowest BCUT2D eigenvalue weighted by Crippen LogP contribution is -2.49. The highest BCUT2D eigenvalue weighted by atomic mass is 79.9. The molecule has 0 aliphatic carbocycles. The fourth-order valence-electron chi connectivity index (χ4n) is 2.95. The molecule has 1 fully saturated rings. The molecule has 1 N–H and O–H groups in total. The van der Waals surface area contributed by atoms with Gasteiger partial charge in [-0.05, 0) is 51.8 Å². The Bertz CT molecular complexity index is 894. The molecule has 0 spiro atoms. The molecule has 2 aromatic rings. The second kappa shape index (κ2) is 8.47. The van der Waals surface area contributed by atoms with Crippen LogP contribution in [0.4, 0.5) is 5.69 Å². The van der Waals surface area contributed by atoms with Crippen molar-refractivity contribution in [3.05, 3.63) is 63.1 Å². The highest BCUT2D eigenvalue weighted by molar-refractivity contribution is 9.10. The van der Waals surface area contributed by atoms with Crippen LogP contribution >= 0.6 is 27.5 Å². The van der Waals surface area contributed by atoms with Gasteiger partial charge in [0.15, 0.2) is 0 Å². The lowest BCUT2D eigenvalue weighted by atomic mass is 10.1. The number of nitrogens with zero attached hydrogens (tertiary/aromatic N) is 3. The molecule has 0 bridgehead atoms. The number of hydrogen-bond acceptors (Lipinski definition) is 4. The number of nitriles is 1. The van der Waals surface area contributed by atoms with E-state index < -0.39 is 0 Å². The van der Waals surface area contributed by atoms with Gasteiger partial charge in [0, 0.05) is 31.9 Å². The summed E-state index contributed by atoms with van der Waals surface area (Å²) in [5.41, 5.74) is 1.73. The minimum atomic E-state index is -0.300. The summed E-state index contributed by atoms with van der Waals surface area (Å²) in [5.74, 6) is -0.374. The van der Waals surface area contributed by atoms with E-state index in [0.29, 0.717) is 36.2 Å². The zero-order valence-corrected chi connectivity index (χ0v) is 16.7. The van der Waals surface area contributed by atoms with E-state index in [0.717, 1.165) is 5.69 Å². The highest BCUT2D eigenvalue weighted by Crippen LogP contribution is 2.33. The Labute approximate surface area is 171 Å². The van der Waals surface area contributed by atoms with E-state index in [9.17, 15) is 15.2 Å². The summed E-state index contributed by atoms with van der Waals surface area (Å²) in [5, 5.41) is 19.3. The molecule has 138 valence electrons. The molecule has 0 saturated carbocycles. The first-order valence-corrected chi connectivity index (χ1v) is 9.56. The van der Waals surface area contributed by atoms with Crippen LogP contribution in [0.15, 0.2) is 52.5 Å². The number of anilines is 1. The number of rotatable bonds is 3. The van der Waals surface area contributed by atoms with Crippen LogP contribution in [-0.4, -0.2) is 42.1 Å². The van der Waals surface area contributed by atoms with Crippen molar-refractivity contribution in [1.82, 2.24) is 4.90 Å². The second-order valence-electron chi connectivity index (χ2n) is 6.12. The molecule has 2 aromatic carbocycles. The van der Waals surface area contributed by atoms with Crippen LogP contribution in [0.25, 0.3) is 6.08 Å². The summed E-state index contributed by atoms with van der Waals surface area (Å²) in [6.07, 6.45) is 1.49. The molecule has 1 heterocycles. The second-order valence-corrected chi connectivity index (χ2v) is 7.38. The van der Waals surface area contributed by atoms with E-state index in [2.05, 4.69) is 20.8 Å². The third-order valence-electron chi connectivity index (χ3n) is 4.39. The zero-order valence-electron chi connectivity index (χ0n) is 14.4. The Hall–Kier alpha value is -2.49. The van der Waals surface area contributed by atoms with Crippen molar-refractivity contribution in [3.63, 3.8) is 0 Å². The number of hydrogen-bond donors (Lipinski definition) is 1. The minimum Gasteiger partial charge on any atom is -0.505 e. The average molecular weight is 447 g/mol. The molecular formula is C20H17BrClN3O2. The minimum absolute atomic E-state index is 0.0387. The van der Waals surface area contributed by atoms with E-state index >= 15 is 0 Å². The lowest BCUT2D eigenvalue weighted by Gasteiger charge is -2.36. The van der Waals surface area contributed by atoms with Gasteiger partial charge in [-0.25, -0.2) is 0 Å². The highest BCUT2D eigenvalue weighted by Gasteiger charge is 2.24. The SMILES string of the molecule is N#C/C(=C/c1cc(Cl)c(O)c(Br)c1)C(=O)N1CCN(c2ccccc2)CC1. The normalized spacial score (nSPS) is 14.8. The number of phenolic OH excluding ortho intramolecular Hbond substituents is 1. The van der Waals surface area contributed by atoms with Crippen LogP contribution in [0, 0.1) is 11.3 Å².